The van der Waals surface area contributed by atoms with Crippen molar-refractivity contribution in [1.82, 2.24) is 9.97 Å². The van der Waals surface area contributed by atoms with Gasteiger partial charge in [-0.05, 0) is 12.8 Å². The van der Waals surface area contributed by atoms with E-state index in [4.69, 9.17) is 17.3 Å². The highest BCUT2D eigenvalue weighted by molar-refractivity contribution is 7.99. The van der Waals surface area contributed by atoms with Gasteiger partial charge in [-0.25, -0.2) is 9.97 Å². The number of halogens is 1. The number of nitrogens with two attached hydrogens (primary N) is 1. The molecule has 0 unspecified atom stereocenters. The average Bonchev–Trinajstić information content (AvgIpc) is 2.28. The van der Waals surface area contributed by atoms with Crippen molar-refractivity contribution in [2.45, 2.75) is 31.8 Å². The second-order valence-corrected chi connectivity index (χ2v) is 4.75. The largest absolute Gasteiger partial charge is 0.393 e. The summed E-state index contributed by atoms with van der Waals surface area (Å²) >= 11 is 7.54. The standard InChI is InChI=1S/C10H17ClN4S/c1-3-5-13-9-7(12)8(11)14-10(15-9)16-6-4-2/h3-6,12H2,1-2H3,(H,13,14,15). The Labute approximate surface area is 105 Å². The third kappa shape index (κ3) is 3.72. The van der Waals surface area contributed by atoms with Crippen LogP contribution in [0.5, 0.6) is 0 Å². The van der Waals surface area contributed by atoms with Crippen molar-refractivity contribution < 1.29 is 0 Å². The Balaban J connectivity index is 2.83. The van der Waals surface area contributed by atoms with Gasteiger partial charge in [0.2, 0.25) is 0 Å². The van der Waals surface area contributed by atoms with Crippen molar-refractivity contribution in [3.05, 3.63) is 5.15 Å². The highest BCUT2D eigenvalue weighted by atomic mass is 35.5. The summed E-state index contributed by atoms with van der Waals surface area (Å²) < 4.78 is 0. The third-order valence-corrected chi connectivity index (χ3v) is 3.20. The Hall–Kier alpha value is -0.680. The van der Waals surface area contributed by atoms with Crippen LogP contribution in [0.1, 0.15) is 26.7 Å². The van der Waals surface area contributed by atoms with Gasteiger partial charge in [0.1, 0.15) is 5.69 Å². The van der Waals surface area contributed by atoms with Crippen LogP contribution in [0.3, 0.4) is 0 Å². The minimum Gasteiger partial charge on any atom is -0.393 e. The lowest BCUT2D eigenvalue weighted by Crippen LogP contribution is -2.07. The average molecular weight is 261 g/mol. The molecule has 16 heavy (non-hydrogen) atoms. The molecule has 1 heterocycles. The quantitative estimate of drug-likeness (QED) is 0.468. The highest BCUT2D eigenvalue weighted by Crippen LogP contribution is 2.27. The third-order valence-electron chi connectivity index (χ3n) is 1.86. The number of hydrogen-bond acceptors (Lipinski definition) is 5. The van der Waals surface area contributed by atoms with Crippen molar-refractivity contribution in [2.24, 2.45) is 0 Å². The van der Waals surface area contributed by atoms with Gasteiger partial charge in [0.05, 0.1) is 0 Å². The monoisotopic (exact) mass is 260 g/mol. The molecule has 90 valence electrons. The number of anilines is 2. The topological polar surface area (TPSA) is 63.8 Å². The zero-order valence-corrected chi connectivity index (χ0v) is 11.2. The first kappa shape index (κ1) is 13.4. The second kappa shape index (κ2) is 6.81. The van der Waals surface area contributed by atoms with Crippen LogP contribution in [0.2, 0.25) is 5.15 Å². The Kier molecular flexibility index (Phi) is 5.69. The van der Waals surface area contributed by atoms with Gasteiger partial charge in [-0.1, -0.05) is 37.2 Å². The van der Waals surface area contributed by atoms with Gasteiger partial charge in [-0.3, -0.25) is 0 Å². The zero-order chi connectivity index (χ0) is 12.0. The Morgan fingerprint density at radius 2 is 2.06 bits per heavy atom. The number of nitrogens with zero attached hydrogens (tertiary/aromatic N) is 2. The number of aromatic nitrogens is 2. The summed E-state index contributed by atoms with van der Waals surface area (Å²) in [5.74, 6) is 1.62. The molecule has 0 aliphatic carbocycles. The van der Waals surface area contributed by atoms with E-state index in [2.05, 4.69) is 29.1 Å². The predicted octanol–water partition coefficient (Wildman–Crippen LogP) is 3.04. The molecule has 1 aromatic rings. The summed E-state index contributed by atoms with van der Waals surface area (Å²) in [7, 11) is 0. The van der Waals surface area contributed by atoms with Gasteiger partial charge in [0.25, 0.3) is 0 Å². The predicted molar refractivity (Wildman–Crippen MR) is 71.3 cm³/mol. The number of hydrogen-bond donors (Lipinski definition) is 2. The number of nitrogens with one attached hydrogen (secondary N) is 1. The lowest BCUT2D eigenvalue weighted by Gasteiger charge is -2.09. The van der Waals surface area contributed by atoms with E-state index in [1.165, 1.54) is 0 Å². The SMILES string of the molecule is CCCNc1nc(SCCC)nc(Cl)c1N. The molecular weight excluding hydrogens is 244 g/mol. The molecule has 0 spiro atoms. The normalized spacial score (nSPS) is 10.4. The molecule has 4 nitrogen and oxygen atoms in total. The van der Waals surface area contributed by atoms with Gasteiger partial charge >= 0.3 is 0 Å². The first-order chi connectivity index (χ1) is 7.69. The lowest BCUT2D eigenvalue weighted by molar-refractivity contribution is 0.926. The number of thioether (sulfide) groups is 1. The van der Waals surface area contributed by atoms with E-state index in [9.17, 15) is 0 Å². The molecular formula is C10H17ClN4S. The van der Waals surface area contributed by atoms with Crippen LogP contribution in [0.25, 0.3) is 0 Å². The highest BCUT2D eigenvalue weighted by Gasteiger charge is 2.09. The van der Waals surface area contributed by atoms with Crippen molar-refractivity contribution in [2.75, 3.05) is 23.3 Å². The molecule has 6 heteroatoms. The summed E-state index contributed by atoms with van der Waals surface area (Å²) in [5, 5.41) is 4.15. The summed E-state index contributed by atoms with van der Waals surface area (Å²) in [4.78, 5) is 8.47. The Bertz CT molecular complexity index is 346. The van der Waals surface area contributed by atoms with Crippen LogP contribution >= 0.6 is 23.4 Å². The molecule has 0 amide bonds. The van der Waals surface area contributed by atoms with Crippen molar-refractivity contribution in [3.63, 3.8) is 0 Å². The molecule has 0 fully saturated rings. The van der Waals surface area contributed by atoms with Gasteiger partial charge in [-0.15, -0.1) is 0 Å². The Morgan fingerprint density at radius 3 is 2.69 bits per heavy atom. The van der Waals surface area contributed by atoms with Crippen LogP contribution in [0, 0.1) is 0 Å². The minimum atomic E-state index is 0.326. The first-order valence-corrected chi connectivity index (χ1v) is 6.75. The molecule has 0 aromatic carbocycles. The van der Waals surface area contributed by atoms with Gasteiger partial charge < -0.3 is 11.1 Å². The zero-order valence-electron chi connectivity index (χ0n) is 9.59. The van der Waals surface area contributed by atoms with Crippen LogP contribution in [-0.4, -0.2) is 22.3 Å². The Morgan fingerprint density at radius 1 is 1.31 bits per heavy atom. The second-order valence-electron chi connectivity index (χ2n) is 3.33. The smallest absolute Gasteiger partial charge is 0.191 e. The van der Waals surface area contributed by atoms with E-state index in [1.54, 1.807) is 11.8 Å². The fraction of sp³-hybridized carbons (Fsp3) is 0.600. The summed E-state index contributed by atoms with van der Waals surface area (Å²) in [6.45, 7) is 5.02. The maximum Gasteiger partial charge on any atom is 0.191 e. The van der Waals surface area contributed by atoms with E-state index >= 15 is 0 Å². The molecule has 3 N–H and O–H groups in total. The fourth-order valence-electron chi connectivity index (χ4n) is 1.06. The van der Waals surface area contributed by atoms with Crippen molar-refractivity contribution in [3.8, 4) is 0 Å². The van der Waals surface area contributed by atoms with E-state index < -0.39 is 0 Å². The van der Waals surface area contributed by atoms with Crippen LogP contribution in [0.15, 0.2) is 5.16 Å². The van der Waals surface area contributed by atoms with Crippen molar-refractivity contribution >= 4 is 34.9 Å². The molecule has 0 bridgehead atoms. The maximum absolute atomic E-state index is 5.95. The summed E-state index contributed by atoms with van der Waals surface area (Å²) in [6, 6.07) is 0. The molecule has 0 aliphatic heterocycles. The molecule has 0 aliphatic rings. The summed E-state index contributed by atoms with van der Waals surface area (Å²) in [5.41, 5.74) is 6.22. The van der Waals surface area contributed by atoms with Gasteiger partial charge in [0.15, 0.2) is 16.1 Å². The molecule has 0 saturated carbocycles. The van der Waals surface area contributed by atoms with E-state index in [0.29, 0.717) is 21.8 Å². The molecule has 0 saturated heterocycles. The van der Waals surface area contributed by atoms with Crippen LogP contribution < -0.4 is 11.1 Å². The molecule has 1 rings (SSSR count). The first-order valence-electron chi connectivity index (χ1n) is 5.38. The van der Waals surface area contributed by atoms with E-state index in [-0.39, 0.29) is 0 Å². The number of rotatable bonds is 6. The molecule has 0 atom stereocenters. The minimum absolute atomic E-state index is 0.326. The van der Waals surface area contributed by atoms with Gasteiger partial charge in [-0.2, -0.15) is 0 Å². The van der Waals surface area contributed by atoms with Gasteiger partial charge in [0, 0.05) is 12.3 Å². The fourth-order valence-corrected chi connectivity index (χ4v) is 1.98. The maximum atomic E-state index is 5.95. The van der Waals surface area contributed by atoms with E-state index in [1.807, 2.05) is 0 Å². The van der Waals surface area contributed by atoms with Crippen LogP contribution in [-0.2, 0) is 0 Å². The molecule has 0 radical (unpaired) electrons. The van der Waals surface area contributed by atoms with Crippen LogP contribution in [0.4, 0.5) is 11.5 Å². The lowest BCUT2D eigenvalue weighted by atomic mass is 10.4. The van der Waals surface area contributed by atoms with Crippen molar-refractivity contribution in [1.29, 1.82) is 0 Å². The molecule has 1 aromatic heterocycles. The number of nitrogen functional groups attached to an aromatic ring is 1. The van der Waals surface area contributed by atoms with E-state index in [0.717, 1.165) is 25.1 Å². The summed E-state index contributed by atoms with van der Waals surface area (Å²) in [6.07, 6.45) is 2.09.